The van der Waals surface area contributed by atoms with E-state index in [0.29, 0.717) is 21.7 Å². The van der Waals surface area contributed by atoms with Gasteiger partial charge in [-0.05, 0) is 18.2 Å². The number of carbonyl (C=O) groups excluding carboxylic acids is 3. The van der Waals surface area contributed by atoms with Crippen molar-refractivity contribution in [3.63, 3.8) is 0 Å². The largest absolute Gasteiger partial charge is 0.381 e. The fourth-order valence-electron chi connectivity index (χ4n) is 3.79. The van der Waals surface area contributed by atoms with Gasteiger partial charge in [0, 0.05) is 28.9 Å². The van der Waals surface area contributed by atoms with Gasteiger partial charge in [-0.3, -0.25) is 25.4 Å². The molecule has 0 spiro atoms. The van der Waals surface area contributed by atoms with Crippen LogP contribution in [0.1, 0.15) is 21.5 Å². The summed E-state index contributed by atoms with van der Waals surface area (Å²) in [6, 6.07) is 10.5. The van der Waals surface area contributed by atoms with Crippen LogP contribution in [0, 0.1) is 5.82 Å². The van der Waals surface area contributed by atoms with Crippen LogP contribution in [0.2, 0.25) is 0 Å². The van der Waals surface area contributed by atoms with Gasteiger partial charge < -0.3 is 30.6 Å². The highest BCUT2D eigenvalue weighted by molar-refractivity contribution is 6.10. The third-order valence-corrected chi connectivity index (χ3v) is 5.73. The van der Waals surface area contributed by atoms with Crippen LogP contribution < -0.4 is 16.4 Å². The topological polar surface area (TPSA) is 185 Å². The molecule has 0 bridgehead atoms. The van der Waals surface area contributed by atoms with E-state index in [1.54, 1.807) is 18.2 Å². The number of anilines is 1. The number of hydrogen-bond acceptors (Lipinski definition) is 9. The van der Waals surface area contributed by atoms with Gasteiger partial charge in [-0.1, -0.05) is 24.3 Å². The van der Waals surface area contributed by atoms with Crippen molar-refractivity contribution in [2.75, 3.05) is 5.32 Å². The van der Waals surface area contributed by atoms with Gasteiger partial charge >= 0.3 is 5.79 Å². The molecule has 0 radical (unpaired) electrons. The first-order valence-electron chi connectivity index (χ1n) is 9.38. The molecule has 2 aromatic rings. The molecule has 12 heteroatoms. The Morgan fingerprint density at radius 3 is 2.41 bits per heavy atom. The lowest BCUT2D eigenvalue weighted by Gasteiger charge is -2.51. The molecule has 168 valence electrons. The van der Waals surface area contributed by atoms with E-state index in [-0.39, 0.29) is 12.1 Å². The Hall–Kier alpha value is -3.42. The van der Waals surface area contributed by atoms with Gasteiger partial charge in [0.2, 0.25) is 5.66 Å². The number of rotatable bonds is 4. The van der Waals surface area contributed by atoms with E-state index >= 15 is 0 Å². The number of benzene rings is 2. The Balaban J connectivity index is 1.69. The number of nitrogens with two attached hydrogens (primary N) is 1. The van der Waals surface area contributed by atoms with Gasteiger partial charge in [0.15, 0.2) is 0 Å². The van der Waals surface area contributed by atoms with Crippen molar-refractivity contribution in [3.05, 3.63) is 65.0 Å². The van der Waals surface area contributed by atoms with E-state index in [1.807, 2.05) is 0 Å². The van der Waals surface area contributed by atoms with Gasteiger partial charge in [-0.15, -0.1) is 0 Å². The molecule has 0 aliphatic carbocycles. The molecule has 1 saturated heterocycles. The van der Waals surface area contributed by atoms with Gasteiger partial charge in [0.25, 0.3) is 23.5 Å². The number of nitrogens with zero attached hydrogens (tertiary/aromatic N) is 1. The second kappa shape index (κ2) is 7.05. The second-order valence-corrected chi connectivity index (χ2v) is 7.56. The van der Waals surface area contributed by atoms with E-state index < -0.39 is 47.3 Å². The molecule has 4 rings (SSSR count). The maximum absolute atomic E-state index is 13.9. The van der Waals surface area contributed by atoms with Crippen LogP contribution in [0.3, 0.4) is 0 Å². The summed E-state index contributed by atoms with van der Waals surface area (Å²) in [7, 11) is 0. The number of carbonyl (C=O) groups is 3. The molecule has 1 atom stereocenters. The van der Waals surface area contributed by atoms with Crippen molar-refractivity contribution >= 4 is 23.4 Å². The summed E-state index contributed by atoms with van der Waals surface area (Å²) < 4.78 is 13.9. The minimum absolute atomic E-state index is 0.0374. The number of piperidine rings is 1. The molecule has 2 aliphatic heterocycles. The Morgan fingerprint density at radius 1 is 1.03 bits per heavy atom. The zero-order valence-electron chi connectivity index (χ0n) is 16.4. The first-order chi connectivity index (χ1) is 14.9. The van der Waals surface area contributed by atoms with E-state index in [2.05, 4.69) is 5.32 Å². The average molecular weight is 446 g/mol. The molecule has 8 N–H and O–H groups in total. The normalized spacial score (nSPS) is 23.7. The molecule has 3 amide bonds. The van der Waals surface area contributed by atoms with E-state index in [4.69, 9.17) is 5.73 Å². The lowest BCUT2D eigenvalue weighted by molar-refractivity contribution is -0.374. The third-order valence-electron chi connectivity index (χ3n) is 5.73. The number of imide groups is 1. The Bertz CT molecular complexity index is 1150. The number of hydrogen-bond donors (Lipinski definition) is 7. The molecule has 0 aromatic heterocycles. The Kier molecular flexibility index (Phi) is 4.80. The average Bonchev–Trinajstić information content (AvgIpc) is 3.09. The maximum Gasteiger partial charge on any atom is 0.305 e. The van der Waals surface area contributed by atoms with Gasteiger partial charge in [0.05, 0.1) is 6.54 Å². The summed E-state index contributed by atoms with van der Waals surface area (Å²) in [4.78, 5) is 37.7. The van der Waals surface area contributed by atoms with Gasteiger partial charge in [-0.25, -0.2) is 4.39 Å². The first kappa shape index (κ1) is 21.8. The number of halogens is 1. The quantitative estimate of drug-likeness (QED) is 0.207. The van der Waals surface area contributed by atoms with Crippen LogP contribution in [0.15, 0.2) is 42.5 Å². The number of nitrogens with one attached hydrogen (secondary N) is 2. The summed E-state index contributed by atoms with van der Waals surface area (Å²) in [5.74, 6) is -12.5. The summed E-state index contributed by atoms with van der Waals surface area (Å²) in [5, 5.41) is 45.1. The van der Waals surface area contributed by atoms with Gasteiger partial charge in [0.1, 0.15) is 5.82 Å². The highest BCUT2D eigenvalue weighted by atomic mass is 19.1. The minimum Gasteiger partial charge on any atom is -0.381 e. The van der Waals surface area contributed by atoms with Crippen LogP contribution >= 0.6 is 0 Å². The van der Waals surface area contributed by atoms with Gasteiger partial charge in [-0.2, -0.15) is 0 Å². The molecule has 2 aromatic carbocycles. The molecule has 0 saturated carbocycles. The Morgan fingerprint density at radius 2 is 1.72 bits per heavy atom. The molecule has 1 unspecified atom stereocenters. The van der Waals surface area contributed by atoms with Crippen molar-refractivity contribution in [1.29, 1.82) is 0 Å². The predicted octanol–water partition coefficient (Wildman–Crippen LogP) is -1.93. The smallest absolute Gasteiger partial charge is 0.305 e. The lowest BCUT2D eigenvalue weighted by Crippen LogP contribution is -2.88. The molecular weight excluding hydrogens is 427 g/mol. The molecule has 11 nitrogen and oxygen atoms in total. The monoisotopic (exact) mass is 446 g/mol. The van der Waals surface area contributed by atoms with E-state index in [9.17, 15) is 39.2 Å². The summed E-state index contributed by atoms with van der Waals surface area (Å²) in [6.45, 7) is -0.397. The lowest BCUT2D eigenvalue weighted by atomic mass is 9.84. The highest BCUT2D eigenvalue weighted by Gasteiger charge is 2.75. The minimum atomic E-state index is -3.95. The van der Waals surface area contributed by atoms with E-state index in [0.717, 1.165) is 0 Å². The molecular formula is C20H19FN4O7. The second-order valence-electron chi connectivity index (χ2n) is 7.56. The molecule has 2 heterocycles. The first-order valence-corrected chi connectivity index (χ1v) is 9.38. The van der Waals surface area contributed by atoms with Crippen LogP contribution in [0.5, 0.6) is 0 Å². The number of aliphatic hydroxyl groups is 4. The van der Waals surface area contributed by atoms with Crippen LogP contribution in [0.4, 0.5) is 10.1 Å². The predicted molar refractivity (Wildman–Crippen MR) is 104 cm³/mol. The summed E-state index contributed by atoms with van der Waals surface area (Å²) in [5.41, 5.74) is 3.80. The fraction of sp³-hybridized carbons (Fsp3) is 0.250. The van der Waals surface area contributed by atoms with Crippen molar-refractivity contribution in [2.24, 2.45) is 5.73 Å². The van der Waals surface area contributed by atoms with Crippen molar-refractivity contribution in [1.82, 2.24) is 10.2 Å². The maximum atomic E-state index is 13.9. The van der Waals surface area contributed by atoms with Crippen molar-refractivity contribution < 1.29 is 39.2 Å². The fourth-order valence-corrected chi connectivity index (χ4v) is 3.79. The van der Waals surface area contributed by atoms with Crippen LogP contribution in [-0.2, 0) is 22.7 Å². The summed E-state index contributed by atoms with van der Waals surface area (Å²) >= 11 is 0. The highest BCUT2D eigenvalue weighted by Crippen LogP contribution is 2.40. The van der Waals surface area contributed by atoms with Crippen LogP contribution in [0.25, 0.3) is 0 Å². The number of fused-ring (bicyclic) bond motifs is 1. The SMILES string of the molecule is NC1(N2Cc3c(NCc4ccccc4F)cccc3C2=O)C(=O)NC(=O)C(O)(O)C1(O)O. The zero-order valence-corrected chi connectivity index (χ0v) is 16.4. The van der Waals surface area contributed by atoms with Crippen LogP contribution in [-0.4, -0.2) is 60.3 Å². The Labute approximate surface area is 179 Å². The zero-order chi connectivity index (χ0) is 23.5. The third kappa shape index (κ3) is 2.82. The number of amides is 3. The standard InChI is InChI=1S/C20H19FN4O7/c21-13-6-2-1-4-10(13)8-23-14-7-3-5-11-12(14)9-25(15(11)26)18(22)16(27)24-17(28)19(29,30)20(18,31)32/h1-7,23,29-32H,8-9,22H2,(H,24,27,28). The molecule has 2 aliphatic rings. The molecule has 32 heavy (non-hydrogen) atoms. The summed E-state index contributed by atoms with van der Waals surface area (Å²) in [6.07, 6.45) is 0. The van der Waals surface area contributed by atoms with E-state index in [1.165, 1.54) is 29.6 Å². The van der Waals surface area contributed by atoms with Crippen molar-refractivity contribution in [3.8, 4) is 0 Å². The van der Waals surface area contributed by atoms with Crippen molar-refractivity contribution in [2.45, 2.75) is 30.3 Å². The molecule has 1 fully saturated rings.